The first kappa shape index (κ1) is 88.9. The summed E-state index contributed by atoms with van der Waals surface area (Å²) in [6.07, 6.45) is 38.0. The van der Waals surface area contributed by atoms with E-state index in [1.807, 2.05) is 97.0 Å². The molecule has 0 aliphatic heterocycles. The second-order valence-corrected chi connectivity index (χ2v) is 26.4. The average molecular weight is 1380 g/mol. The molecule has 98 heavy (non-hydrogen) atoms. The largest absolute Gasteiger partial charge is 0.573 e. The SMILES string of the molecule is CCC(C)(C)C(=O)OCCOC(=O)/C=C/c1ccc(OC(F)(F)F)cc1.CCCCCCCCCCCCCCCCCCOc1ccc(/C=C/C(=O)OCCOC(=O)C(C)(C)CC)cc1.CCCCCCCCCCOc1ccc(/C=C/C(=O)OCCOC(=O)C(C)(C)CC)cc1. The van der Waals surface area contributed by atoms with Crippen LogP contribution in [0.2, 0.25) is 0 Å². The Morgan fingerprint density at radius 1 is 0.306 bits per heavy atom. The molecule has 0 saturated carbocycles. The third-order valence-electron chi connectivity index (χ3n) is 16.6. The van der Waals surface area contributed by atoms with Gasteiger partial charge in [-0.15, -0.1) is 13.2 Å². The van der Waals surface area contributed by atoms with E-state index in [0.717, 1.165) is 66.9 Å². The van der Waals surface area contributed by atoms with Gasteiger partial charge in [0.1, 0.15) is 56.9 Å². The molecule has 0 fully saturated rings. The third-order valence-corrected chi connectivity index (χ3v) is 16.6. The zero-order valence-electron chi connectivity index (χ0n) is 61.4. The lowest BCUT2D eigenvalue weighted by Crippen LogP contribution is -2.27. The highest BCUT2D eigenvalue weighted by atomic mass is 19.4. The number of halogens is 3. The van der Waals surface area contributed by atoms with E-state index in [1.54, 1.807) is 26.0 Å². The van der Waals surface area contributed by atoms with Gasteiger partial charge in [0.15, 0.2) is 0 Å². The maximum Gasteiger partial charge on any atom is 0.573 e. The number of benzene rings is 3. The molecule has 3 aromatic carbocycles. The zero-order valence-corrected chi connectivity index (χ0v) is 61.4. The highest BCUT2D eigenvalue weighted by Gasteiger charge is 2.31. The van der Waals surface area contributed by atoms with Crippen LogP contribution in [0.25, 0.3) is 18.2 Å². The summed E-state index contributed by atoms with van der Waals surface area (Å²) in [6, 6.07) is 20.3. The summed E-state index contributed by atoms with van der Waals surface area (Å²) in [5.74, 6) is -1.19. The predicted molar refractivity (Wildman–Crippen MR) is 384 cm³/mol. The van der Waals surface area contributed by atoms with Crippen molar-refractivity contribution in [2.75, 3.05) is 52.9 Å². The number of hydrogen-bond donors (Lipinski definition) is 0. The molecule has 0 heterocycles. The van der Waals surface area contributed by atoms with Crippen LogP contribution in [0.3, 0.4) is 0 Å². The van der Waals surface area contributed by atoms with Crippen molar-refractivity contribution in [3.63, 3.8) is 0 Å². The van der Waals surface area contributed by atoms with Gasteiger partial charge in [0, 0.05) is 18.2 Å². The van der Waals surface area contributed by atoms with Crippen LogP contribution in [0.4, 0.5) is 13.2 Å². The Morgan fingerprint density at radius 2 is 0.531 bits per heavy atom. The first-order valence-corrected chi connectivity index (χ1v) is 36.2. The lowest BCUT2D eigenvalue weighted by Gasteiger charge is -2.20. The molecule has 18 heteroatoms. The maximum absolute atomic E-state index is 12.1. The lowest BCUT2D eigenvalue weighted by atomic mass is 9.91. The second kappa shape index (κ2) is 53.8. The van der Waals surface area contributed by atoms with E-state index >= 15 is 0 Å². The summed E-state index contributed by atoms with van der Waals surface area (Å²) in [6.45, 7) is 22.6. The van der Waals surface area contributed by atoms with Crippen LogP contribution in [0.15, 0.2) is 91.0 Å². The Morgan fingerprint density at radius 3 is 0.765 bits per heavy atom. The number of hydrogen-bond acceptors (Lipinski definition) is 15. The number of carbonyl (C=O) groups is 6. The molecule has 0 aliphatic rings. The van der Waals surface area contributed by atoms with Crippen molar-refractivity contribution in [1.82, 2.24) is 0 Å². The van der Waals surface area contributed by atoms with Gasteiger partial charge in [-0.05, 0) is 145 Å². The number of carbonyl (C=O) groups excluding carboxylic acids is 6. The minimum absolute atomic E-state index is 0.0419. The molecule has 0 radical (unpaired) electrons. The van der Waals surface area contributed by atoms with Gasteiger partial charge in [-0.2, -0.15) is 0 Å². The Hall–Kier alpha value is -7.11. The van der Waals surface area contributed by atoms with Crippen LogP contribution >= 0.6 is 0 Å². The third kappa shape index (κ3) is 47.0. The zero-order chi connectivity index (χ0) is 72.8. The fourth-order valence-corrected chi connectivity index (χ4v) is 8.88. The number of esters is 6. The van der Waals surface area contributed by atoms with Crippen LogP contribution < -0.4 is 14.2 Å². The topological polar surface area (TPSA) is 185 Å². The van der Waals surface area contributed by atoms with E-state index in [4.69, 9.17) is 37.9 Å². The first-order chi connectivity index (χ1) is 46.8. The Kier molecular flexibility index (Phi) is 48.8. The van der Waals surface area contributed by atoms with E-state index in [9.17, 15) is 41.9 Å². The molecule has 3 aromatic rings. The van der Waals surface area contributed by atoms with Crippen LogP contribution in [0.5, 0.6) is 17.2 Å². The molecule has 0 saturated heterocycles. The molecule has 0 spiro atoms. The second-order valence-electron chi connectivity index (χ2n) is 26.4. The molecule has 552 valence electrons. The highest BCUT2D eigenvalue weighted by Crippen LogP contribution is 2.26. The lowest BCUT2D eigenvalue weighted by molar-refractivity contribution is -0.274. The Bertz CT molecular complexity index is 2690. The minimum atomic E-state index is -4.75. The summed E-state index contributed by atoms with van der Waals surface area (Å²) in [7, 11) is 0. The summed E-state index contributed by atoms with van der Waals surface area (Å²) in [5.41, 5.74) is 0.637. The van der Waals surface area contributed by atoms with Crippen molar-refractivity contribution < 1.29 is 84.6 Å². The van der Waals surface area contributed by atoms with Gasteiger partial charge < -0.3 is 42.6 Å². The Labute approximate surface area is 586 Å². The molecule has 0 unspecified atom stereocenters. The van der Waals surface area contributed by atoms with Crippen molar-refractivity contribution >= 4 is 54.0 Å². The summed E-state index contributed by atoms with van der Waals surface area (Å²) >= 11 is 0. The van der Waals surface area contributed by atoms with Crippen molar-refractivity contribution in [2.45, 2.75) is 256 Å². The molecule has 0 aromatic heterocycles. The van der Waals surface area contributed by atoms with E-state index in [0.29, 0.717) is 24.8 Å². The van der Waals surface area contributed by atoms with Crippen molar-refractivity contribution in [1.29, 1.82) is 0 Å². The van der Waals surface area contributed by atoms with Gasteiger partial charge in [-0.25, -0.2) is 14.4 Å². The summed E-state index contributed by atoms with van der Waals surface area (Å²) < 4.78 is 81.9. The molecular formula is C80H121F3O15. The van der Waals surface area contributed by atoms with E-state index in [-0.39, 0.29) is 63.3 Å². The van der Waals surface area contributed by atoms with Gasteiger partial charge >= 0.3 is 42.2 Å². The molecular weight excluding hydrogens is 1260 g/mol. The average Bonchev–Trinajstić information content (AvgIpc) is 1.08. The van der Waals surface area contributed by atoms with E-state index in [1.165, 1.54) is 172 Å². The fourth-order valence-electron chi connectivity index (χ4n) is 8.88. The molecule has 3 rings (SSSR count). The molecule has 0 atom stereocenters. The molecule has 0 aliphatic carbocycles. The van der Waals surface area contributed by atoms with Crippen molar-refractivity contribution in [3.8, 4) is 17.2 Å². The van der Waals surface area contributed by atoms with Gasteiger partial charge in [0.25, 0.3) is 0 Å². The van der Waals surface area contributed by atoms with E-state index < -0.39 is 40.5 Å². The summed E-state index contributed by atoms with van der Waals surface area (Å²) in [4.78, 5) is 70.7. The number of unbranched alkanes of at least 4 members (excludes halogenated alkanes) is 22. The highest BCUT2D eigenvalue weighted by molar-refractivity contribution is 5.88. The molecule has 15 nitrogen and oxygen atoms in total. The minimum Gasteiger partial charge on any atom is -0.494 e. The number of ether oxygens (including phenoxy) is 9. The molecule has 0 N–H and O–H groups in total. The normalized spacial score (nSPS) is 11.7. The number of alkyl halides is 3. The van der Waals surface area contributed by atoms with Crippen LogP contribution in [0, 0.1) is 16.2 Å². The smallest absolute Gasteiger partial charge is 0.494 e. The fraction of sp³-hybridized carbons (Fsp3) is 0.625. The van der Waals surface area contributed by atoms with Crippen molar-refractivity contribution in [2.24, 2.45) is 16.2 Å². The molecule has 0 amide bonds. The number of rotatable bonds is 50. The predicted octanol–water partition coefficient (Wildman–Crippen LogP) is 20.7. The van der Waals surface area contributed by atoms with Gasteiger partial charge in [-0.1, -0.05) is 212 Å². The first-order valence-electron chi connectivity index (χ1n) is 36.2. The quantitative estimate of drug-likeness (QED) is 0.0225. The molecule has 0 bridgehead atoms. The standard InChI is InChI=1S/C35H58O5.C27H42O5.C18H21F3O5/c1-5-7-8-9-10-11-12-13-14-15-16-17-18-19-20-21-28-38-32-25-22-31(23-26-32)24-27-33(36)39-29-30-40-34(37)35(3,4)6-2;1-5-7-8-9-10-11-12-13-20-30-24-17-14-23(15-18-24)16-19-25(28)31-21-22-32-26(29)27(3,4)6-2;1-4-17(2,3)16(23)25-12-11-24-15(22)10-7-13-5-8-14(9-6-13)26-18(19,20)21/h22-27H,5-21,28-30H2,1-4H3;14-19H,5-13,20-22H2,1-4H3;5-10H,4,11-12H2,1-3H3/b27-24+;19-16+;10-7+. The maximum atomic E-state index is 12.1. The van der Waals surface area contributed by atoms with Gasteiger partial charge in [0.2, 0.25) is 0 Å². The van der Waals surface area contributed by atoms with Gasteiger partial charge in [-0.3, -0.25) is 14.4 Å². The van der Waals surface area contributed by atoms with Crippen LogP contribution in [0.1, 0.15) is 266 Å². The summed E-state index contributed by atoms with van der Waals surface area (Å²) in [5, 5.41) is 0. The van der Waals surface area contributed by atoms with Crippen molar-refractivity contribution in [3.05, 3.63) is 108 Å². The van der Waals surface area contributed by atoms with Gasteiger partial charge in [0.05, 0.1) is 29.5 Å². The van der Waals surface area contributed by atoms with Crippen LogP contribution in [-0.2, 0) is 57.2 Å². The van der Waals surface area contributed by atoms with Crippen LogP contribution in [-0.4, -0.2) is 95.0 Å². The van der Waals surface area contributed by atoms with E-state index in [2.05, 4.69) is 18.6 Å². The Balaban J connectivity index is 0.000000752. The monoisotopic (exact) mass is 1380 g/mol.